The van der Waals surface area contributed by atoms with Crippen LogP contribution in [-0.4, -0.2) is 11.1 Å². The van der Waals surface area contributed by atoms with Gasteiger partial charge in [0, 0.05) is 6.42 Å². The summed E-state index contributed by atoms with van der Waals surface area (Å²) in [5.41, 5.74) is 2.45. The van der Waals surface area contributed by atoms with Crippen LogP contribution in [0.4, 0.5) is 4.39 Å². The van der Waals surface area contributed by atoms with E-state index in [2.05, 4.69) is 0 Å². The summed E-state index contributed by atoms with van der Waals surface area (Å²) in [5, 5.41) is 8.89. The van der Waals surface area contributed by atoms with Crippen molar-refractivity contribution < 1.29 is 14.3 Å². The van der Waals surface area contributed by atoms with Crippen molar-refractivity contribution in [3.05, 3.63) is 70.5 Å². The number of carboxylic acid groups (broad SMARTS) is 1. The molecule has 0 saturated heterocycles. The topological polar surface area (TPSA) is 37.3 Å². The molecule has 0 atom stereocenters. The summed E-state index contributed by atoms with van der Waals surface area (Å²) in [6.45, 7) is 1.83. The van der Waals surface area contributed by atoms with E-state index in [4.69, 9.17) is 5.11 Å². The second-order valence-electron chi connectivity index (χ2n) is 4.28. The van der Waals surface area contributed by atoms with Gasteiger partial charge in [0.2, 0.25) is 0 Å². The smallest absolute Gasteiger partial charge is 0.335 e. The highest BCUT2D eigenvalue weighted by Crippen LogP contribution is 2.16. The Hall–Kier alpha value is -2.16. The molecule has 92 valence electrons. The highest BCUT2D eigenvalue weighted by Gasteiger charge is 2.06. The zero-order valence-corrected chi connectivity index (χ0v) is 9.98. The standard InChI is InChI=1S/C15H13FO2/c1-10-5-6-12(14(16)7-10)8-11-3-2-4-13(9-11)15(17)18/h2-7,9H,8H2,1H3,(H,17,18). The lowest BCUT2D eigenvalue weighted by Crippen LogP contribution is -1.99. The molecule has 0 bridgehead atoms. The molecule has 3 heteroatoms. The number of aromatic carboxylic acids is 1. The maximum Gasteiger partial charge on any atom is 0.335 e. The lowest BCUT2D eigenvalue weighted by Gasteiger charge is -2.05. The number of carbonyl (C=O) groups is 1. The van der Waals surface area contributed by atoms with Crippen molar-refractivity contribution in [3.63, 3.8) is 0 Å². The van der Waals surface area contributed by atoms with Gasteiger partial charge in [-0.15, -0.1) is 0 Å². The molecule has 1 N–H and O–H groups in total. The van der Waals surface area contributed by atoms with Gasteiger partial charge in [-0.2, -0.15) is 0 Å². The van der Waals surface area contributed by atoms with Crippen molar-refractivity contribution in [2.45, 2.75) is 13.3 Å². The van der Waals surface area contributed by atoms with Gasteiger partial charge in [-0.1, -0.05) is 24.3 Å². The van der Waals surface area contributed by atoms with Gasteiger partial charge >= 0.3 is 5.97 Å². The number of benzene rings is 2. The van der Waals surface area contributed by atoms with Crippen molar-refractivity contribution in [2.24, 2.45) is 0 Å². The molecule has 2 nitrogen and oxygen atoms in total. The van der Waals surface area contributed by atoms with Crippen LogP contribution in [-0.2, 0) is 6.42 Å². The lowest BCUT2D eigenvalue weighted by atomic mass is 10.0. The highest BCUT2D eigenvalue weighted by atomic mass is 19.1. The Morgan fingerprint density at radius 2 is 2.00 bits per heavy atom. The molecular formula is C15H13FO2. The van der Waals surface area contributed by atoms with Crippen LogP contribution < -0.4 is 0 Å². The van der Waals surface area contributed by atoms with Gasteiger partial charge in [-0.05, 0) is 41.8 Å². The maximum absolute atomic E-state index is 13.7. The van der Waals surface area contributed by atoms with Gasteiger partial charge in [0.1, 0.15) is 5.82 Å². The number of halogens is 1. The van der Waals surface area contributed by atoms with Crippen molar-refractivity contribution >= 4 is 5.97 Å². The van der Waals surface area contributed by atoms with Crippen molar-refractivity contribution in [2.75, 3.05) is 0 Å². The predicted octanol–water partition coefficient (Wildman–Crippen LogP) is 3.42. The summed E-state index contributed by atoms with van der Waals surface area (Å²) < 4.78 is 13.7. The first-order chi connectivity index (χ1) is 8.56. The second-order valence-corrected chi connectivity index (χ2v) is 4.28. The van der Waals surface area contributed by atoms with Crippen LogP contribution >= 0.6 is 0 Å². The summed E-state index contributed by atoms with van der Waals surface area (Å²) in [6.07, 6.45) is 0.396. The third kappa shape index (κ3) is 2.74. The van der Waals surface area contributed by atoms with Crippen LogP contribution in [0.1, 0.15) is 27.0 Å². The zero-order valence-electron chi connectivity index (χ0n) is 9.98. The van der Waals surface area contributed by atoms with Crippen LogP contribution in [0.2, 0.25) is 0 Å². The number of hydrogen-bond donors (Lipinski definition) is 1. The second kappa shape index (κ2) is 5.00. The van der Waals surface area contributed by atoms with Crippen LogP contribution in [0, 0.1) is 12.7 Å². The van der Waals surface area contributed by atoms with Crippen molar-refractivity contribution in [1.29, 1.82) is 0 Å². The fraction of sp³-hybridized carbons (Fsp3) is 0.133. The SMILES string of the molecule is Cc1ccc(Cc2cccc(C(=O)O)c2)c(F)c1. The molecule has 0 fully saturated rings. The molecule has 2 aromatic carbocycles. The number of aryl methyl sites for hydroxylation is 1. The third-order valence-corrected chi connectivity index (χ3v) is 2.78. The van der Waals surface area contributed by atoms with Crippen molar-refractivity contribution in [3.8, 4) is 0 Å². The molecule has 0 aromatic heterocycles. The minimum absolute atomic E-state index is 0.222. The quantitative estimate of drug-likeness (QED) is 0.898. The van der Waals surface area contributed by atoms with Gasteiger partial charge in [0.15, 0.2) is 0 Å². The first-order valence-corrected chi connectivity index (χ1v) is 5.63. The van der Waals surface area contributed by atoms with Crippen LogP contribution in [0.25, 0.3) is 0 Å². The molecular weight excluding hydrogens is 231 g/mol. The van der Waals surface area contributed by atoms with Crippen LogP contribution in [0.15, 0.2) is 42.5 Å². The van der Waals surface area contributed by atoms with Crippen LogP contribution in [0.3, 0.4) is 0 Å². The van der Waals surface area contributed by atoms with E-state index in [1.807, 2.05) is 13.0 Å². The Labute approximate surface area is 105 Å². The first kappa shape index (κ1) is 12.3. The Bertz CT molecular complexity index is 591. The van der Waals surface area contributed by atoms with E-state index in [1.165, 1.54) is 12.1 Å². The van der Waals surface area contributed by atoms with Gasteiger partial charge in [-0.3, -0.25) is 0 Å². The minimum Gasteiger partial charge on any atom is -0.478 e. The minimum atomic E-state index is -0.971. The highest BCUT2D eigenvalue weighted by molar-refractivity contribution is 5.87. The molecule has 0 spiro atoms. The van der Waals surface area contributed by atoms with E-state index >= 15 is 0 Å². The fourth-order valence-electron chi connectivity index (χ4n) is 1.83. The monoisotopic (exact) mass is 244 g/mol. The van der Waals surface area contributed by atoms with Gasteiger partial charge in [0.25, 0.3) is 0 Å². The largest absolute Gasteiger partial charge is 0.478 e. The van der Waals surface area contributed by atoms with E-state index in [0.29, 0.717) is 12.0 Å². The average molecular weight is 244 g/mol. The van der Waals surface area contributed by atoms with E-state index in [-0.39, 0.29) is 11.4 Å². The number of rotatable bonds is 3. The number of carboxylic acids is 1. The number of hydrogen-bond acceptors (Lipinski definition) is 1. The summed E-state index contributed by atoms with van der Waals surface area (Å²) >= 11 is 0. The summed E-state index contributed by atoms with van der Waals surface area (Å²) in [5.74, 6) is -1.23. The Morgan fingerprint density at radius 3 is 2.67 bits per heavy atom. The van der Waals surface area contributed by atoms with E-state index in [0.717, 1.165) is 11.1 Å². The summed E-state index contributed by atoms with van der Waals surface area (Å²) in [7, 11) is 0. The molecule has 2 rings (SSSR count). The molecule has 0 radical (unpaired) electrons. The lowest BCUT2D eigenvalue weighted by molar-refractivity contribution is 0.0697. The van der Waals surface area contributed by atoms with Gasteiger partial charge in [-0.25, -0.2) is 9.18 Å². The van der Waals surface area contributed by atoms with Crippen molar-refractivity contribution in [1.82, 2.24) is 0 Å². The Balaban J connectivity index is 2.28. The Kier molecular flexibility index (Phi) is 3.42. The zero-order chi connectivity index (χ0) is 13.1. The van der Waals surface area contributed by atoms with E-state index in [9.17, 15) is 9.18 Å². The molecule has 0 amide bonds. The molecule has 0 heterocycles. The fourth-order valence-corrected chi connectivity index (χ4v) is 1.83. The van der Waals surface area contributed by atoms with Gasteiger partial charge in [0.05, 0.1) is 5.56 Å². The average Bonchev–Trinajstić information content (AvgIpc) is 2.33. The molecule has 0 aliphatic rings. The summed E-state index contributed by atoms with van der Waals surface area (Å²) in [4.78, 5) is 10.8. The molecule has 0 aliphatic carbocycles. The predicted molar refractivity (Wildman–Crippen MR) is 67.3 cm³/mol. The van der Waals surface area contributed by atoms with Crippen LogP contribution in [0.5, 0.6) is 0 Å². The first-order valence-electron chi connectivity index (χ1n) is 5.63. The molecule has 0 saturated carbocycles. The molecule has 0 unspecified atom stereocenters. The molecule has 2 aromatic rings. The van der Waals surface area contributed by atoms with Gasteiger partial charge < -0.3 is 5.11 Å². The molecule has 18 heavy (non-hydrogen) atoms. The van der Waals surface area contributed by atoms with E-state index in [1.54, 1.807) is 24.3 Å². The van der Waals surface area contributed by atoms with E-state index < -0.39 is 5.97 Å². The molecule has 0 aliphatic heterocycles. The summed E-state index contributed by atoms with van der Waals surface area (Å²) in [6, 6.07) is 11.6. The third-order valence-electron chi connectivity index (χ3n) is 2.78. The Morgan fingerprint density at radius 1 is 1.22 bits per heavy atom. The maximum atomic E-state index is 13.7. The normalized spacial score (nSPS) is 10.3.